The van der Waals surface area contributed by atoms with Crippen LogP contribution >= 0.6 is 0 Å². The molecule has 298 valence electrons. The molecular weight excluding hydrogens is 710 g/mol. The number of aliphatic hydroxyl groups excluding tert-OH is 5. The molecule has 54 heavy (non-hydrogen) atoms. The Morgan fingerprint density at radius 3 is 2.31 bits per heavy atom. The number of hydrogen-bond acceptors (Lipinski definition) is 16. The highest BCUT2D eigenvalue weighted by Crippen LogP contribution is 2.31. The smallest absolute Gasteiger partial charge is 0.338 e. The second kappa shape index (κ2) is 19.7. The maximum atomic E-state index is 12.8. The van der Waals surface area contributed by atoms with E-state index >= 15 is 0 Å². The number of benzene rings is 2. The highest BCUT2D eigenvalue weighted by atomic mass is 16.8. The number of rotatable bonds is 9. The number of aliphatic hydroxyl groups is 5. The number of amides is 1. The van der Waals surface area contributed by atoms with E-state index in [2.05, 4.69) is 16.0 Å². The Hall–Kier alpha value is -3.75. The Balaban J connectivity index is 1.26. The topological polar surface area (TPSA) is 244 Å². The van der Waals surface area contributed by atoms with Gasteiger partial charge in [-0.3, -0.25) is 9.59 Å². The molecule has 12 atom stereocenters. The van der Waals surface area contributed by atoms with E-state index in [-0.39, 0.29) is 35.7 Å². The number of carbonyl (C=O) groups is 3. The molecule has 3 fully saturated rings. The van der Waals surface area contributed by atoms with Crippen LogP contribution in [0.2, 0.25) is 0 Å². The van der Waals surface area contributed by atoms with Gasteiger partial charge in [0.1, 0.15) is 55.1 Å². The molecule has 0 spiro atoms. The van der Waals surface area contributed by atoms with E-state index in [1.54, 1.807) is 42.5 Å². The summed E-state index contributed by atoms with van der Waals surface area (Å²) in [6.45, 7) is 4.48. The fourth-order valence-electron chi connectivity index (χ4n) is 6.42. The lowest BCUT2D eigenvalue weighted by molar-refractivity contribution is -0.355. The van der Waals surface area contributed by atoms with E-state index in [0.717, 1.165) is 5.56 Å². The average Bonchev–Trinajstić information content (AvgIpc) is 3.17. The Labute approximate surface area is 312 Å². The van der Waals surface area contributed by atoms with Crippen LogP contribution in [0, 0.1) is 0 Å². The predicted molar refractivity (Wildman–Crippen MR) is 188 cm³/mol. The Kier molecular flexibility index (Phi) is 15.1. The molecule has 3 aliphatic rings. The molecule has 17 nitrogen and oxygen atoms in total. The third kappa shape index (κ3) is 11.2. The minimum Gasteiger partial charge on any atom is -0.462 e. The summed E-state index contributed by atoms with van der Waals surface area (Å²) in [4.78, 5) is 36.9. The normalized spacial score (nSPS) is 34.2. The second-order valence-corrected chi connectivity index (χ2v) is 13.6. The van der Waals surface area contributed by atoms with Crippen molar-refractivity contribution in [3.05, 3.63) is 65.7 Å². The standard InChI is InChI=1S/C37H51N3O14/c1-20-29(43)32(46)34(54-36-33(47)31(45)30(44)27(53-36)19-49-35(48)23-7-4-3-5-8-23)37(50-20)52-24-11-9-22(10-12-24)26-17-28(42)40-15-6-14-38-18-25(13-16-39-26)51-21(2)41/h3-5,7-12,20,25-27,29-34,36-39,43-47H,6,13-19H2,1-2H3,(H,40,42)/t20-,25+,26?,27+,29-,30+,31-,32+,33+,34+,36-,37-/m0/s1. The van der Waals surface area contributed by atoms with Crippen molar-refractivity contribution in [3.8, 4) is 5.75 Å². The third-order valence-electron chi connectivity index (χ3n) is 9.47. The van der Waals surface area contributed by atoms with Gasteiger partial charge in [0, 0.05) is 32.5 Å². The molecule has 8 N–H and O–H groups in total. The highest BCUT2D eigenvalue weighted by Gasteiger charge is 2.51. The van der Waals surface area contributed by atoms with E-state index in [1.807, 2.05) is 0 Å². The fraction of sp³-hybridized carbons (Fsp3) is 0.595. The van der Waals surface area contributed by atoms with Gasteiger partial charge in [0.25, 0.3) is 0 Å². The first-order chi connectivity index (χ1) is 25.9. The maximum absolute atomic E-state index is 12.8. The van der Waals surface area contributed by atoms with Crippen LogP contribution in [0.25, 0.3) is 0 Å². The van der Waals surface area contributed by atoms with Crippen molar-refractivity contribution in [3.63, 3.8) is 0 Å². The quantitative estimate of drug-likeness (QED) is 0.143. The summed E-state index contributed by atoms with van der Waals surface area (Å²) in [5.41, 5.74) is 1.02. The maximum Gasteiger partial charge on any atom is 0.338 e. The van der Waals surface area contributed by atoms with Gasteiger partial charge in [-0.1, -0.05) is 30.3 Å². The molecule has 3 aliphatic heterocycles. The Bertz CT molecular complexity index is 1500. The van der Waals surface area contributed by atoms with Gasteiger partial charge in [-0.15, -0.1) is 0 Å². The summed E-state index contributed by atoms with van der Waals surface area (Å²) in [5, 5.41) is 63.3. The highest BCUT2D eigenvalue weighted by molar-refractivity contribution is 5.89. The lowest BCUT2D eigenvalue weighted by Gasteiger charge is -2.45. The van der Waals surface area contributed by atoms with Gasteiger partial charge in [-0.05, 0) is 62.7 Å². The van der Waals surface area contributed by atoms with Crippen LogP contribution in [0.3, 0.4) is 0 Å². The molecular formula is C37H51N3O14. The SMILES string of the molecule is CC(=O)O[C@@H]1CCNC(c2ccc(O[C@@H]3O[C@@H](C)[C@H](O)[C@@H](O)[C@H]3O[C@@H]3O[C@H](COC(=O)c4ccccc4)[C@@H](O)[C@H](O)[C@H]3O)cc2)CC(=O)NCCCNC1. The monoisotopic (exact) mass is 761 g/mol. The molecule has 5 rings (SSSR count). The van der Waals surface area contributed by atoms with Gasteiger partial charge in [0.2, 0.25) is 12.2 Å². The van der Waals surface area contributed by atoms with Crippen molar-refractivity contribution < 1.29 is 68.3 Å². The first-order valence-electron chi connectivity index (χ1n) is 18.1. The largest absolute Gasteiger partial charge is 0.462 e. The van der Waals surface area contributed by atoms with Gasteiger partial charge in [0.15, 0.2) is 12.4 Å². The zero-order valence-electron chi connectivity index (χ0n) is 30.2. The van der Waals surface area contributed by atoms with E-state index < -0.39 is 80.0 Å². The summed E-state index contributed by atoms with van der Waals surface area (Å²) in [7, 11) is 0. The van der Waals surface area contributed by atoms with Crippen molar-refractivity contribution in [1.82, 2.24) is 16.0 Å². The summed E-state index contributed by atoms with van der Waals surface area (Å²) in [6, 6.07) is 14.5. The van der Waals surface area contributed by atoms with E-state index in [0.29, 0.717) is 39.0 Å². The van der Waals surface area contributed by atoms with Crippen molar-refractivity contribution in [1.29, 1.82) is 0 Å². The van der Waals surface area contributed by atoms with Gasteiger partial charge >= 0.3 is 11.9 Å². The first-order valence-corrected chi connectivity index (χ1v) is 18.1. The fourth-order valence-corrected chi connectivity index (χ4v) is 6.42. The molecule has 0 bridgehead atoms. The Morgan fingerprint density at radius 2 is 1.59 bits per heavy atom. The minimum atomic E-state index is -1.81. The van der Waals surface area contributed by atoms with Crippen molar-refractivity contribution >= 4 is 17.8 Å². The summed E-state index contributed by atoms with van der Waals surface area (Å²) in [5.74, 6) is -0.939. The second-order valence-electron chi connectivity index (χ2n) is 13.6. The number of esters is 2. The predicted octanol–water partition coefficient (Wildman–Crippen LogP) is -0.966. The third-order valence-corrected chi connectivity index (χ3v) is 9.47. The first kappa shape index (κ1) is 41.4. The lowest BCUT2D eigenvalue weighted by atomic mass is 9.97. The zero-order valence-corrected chi connectivity index (χ0v) is 30.2. The molecule has 1 amide bonds. The number of carbonyl (C=O) groups excluding carboxylic acids is 3. The average molecular weight is 762 g/mol. The zero-order chi connectivity index (χ0) is 38.8. The van der Waals surface area contributed by atoms with E-state index in [1.165, 1.54) is 26.0 Å². The molecule has 3 saturated heterocycles. The van der Waals surface area contributed by atoms with Crippen LogP contribution in [0.4, 0.5) is 0 Å². The van der Waals surface area contributed by atoms with E-state index in [9.17, 15) is 39.9 Å². The Morgan fingerprint density at radius 1 is 0.852 bits per heavy atom. The summed E-state index contributed by atoms with van der Waals surface area (Å²) >= 11 is 0. The van der Waals surface area contributed by atoms with Crippen LogP contribution < -0.4 is 20.7 Å². The van der Waals surface area contributed by atoms with Crippen LogP contribution in [0.1, 0.15) is 55.1 Å². The molecule has 3 heterocycles. The molecule has 2 aromatic rings. The molecule has 2 aromatic carbocycles. The molecule has 17 heteroatoms. The van der Waals surface area contributed by atoms with E-state index in [4.69, 9.17) is 28.4 Å². The van der Waals surface area contributed by atoms with Gasteiger partial charge in [-0.2, -0.15) is 0 Å². The van der Waals surface area contributed by atoms with Gasteiger partial charge in [-0.25, -0.2) is 4.79 Å². The minimum absolute atomic E-state index is 0.137. The summed E-state index contributed by atoms with van der Waals surface area (Å²) in [6.07, 6.45) is -14.0. The van der Waals surface area contributed by atoms with Gasteiger partial charge < -0.3 is 69.9 Å². The van der Waals surface area contributed by atoms with Crippen molar-refractivity contribution in [2.24, 2.45) is 0 Å². The molecule has 0 radical (unpaired) electrons. The summed E-state index contributed by atoms with van der Waals surface area (Å²) < 4.78 is 34.3. The van der Waals surface area contributed by atoms with Crippen LogP contribution in [0.5, 0.6) is 5.75 Å². The molecule has 0 aromatic heterocycles. The molecule has 0 saturated carbocycles. The van der Waals surface area contributed by atoms with Crippen LogP contribution in [-0.4, -0.2) is 144 Å². The van der Waals surface area contributed by atoms with Crippen LogP contribution in [-0.2, 0) is 33.3 Å². The number of ether oxygens (including phenoxy) is 6. The lowest BCUT2D eigenvalue weighted by Crippen LogP contribution is -2.64. The number of nitrogens with one attached hydrogen (secondary N) is 3. The van der Waals surface area contributed by atoms with Crippen molar-refractivity contribution in [2.75, 3.05) is 32.8 Å². The molecule has 1 unspecified atom stereocenters. The van der Waals surface area contributed by atoms with Crippen LogP contribution in [0.15, 0.2) is 54.6 Å². The molecule has 0 aliphatic carbocycles. The van der Waals surface area contributed by atoms with Gasteiger partial charge in [0.05, 0.1) is 11.7 Å². The van der Waals surface area contributed by atoms with Crippen molar-refractivity contribution in [2.45, 2.75) is 107 Å². The number of hydrogen-bond donors (Lipinski definition) is 8.